The van der Waals surface area contributed by atoms with Crippen LogP contribution in [0.25, 0.3) is 0 Å². The van der Waals surface area contributed by atoms with Gasteiger partial charge in [-0.3, -0.25) is 14.3 Å². The maximum atomic E-state index is 12.9. The summed E-state index contributed by atoms with van der Waals surface area (Å²) in [5.74, 6) is 0.0395. The quantitative estimate of drug-likeness (QED) is 0.909. The molecule has 5 nitrogen and oxygen atoms in total. The molecule has 0 bridgehead atoms. The van der Waals surface area contributed by atoms with Crippen molar-refractivity contribution in [1.29, 1.82) is 0 Å². The van der Waals surface area contributed by atoms with E-state index in [1.54, 1.807) is 26.0 Å². The van der Waals surface area contributed by atoms with Crippen LogP contribution >= 0.6 is 0 Å². The molecule has 1 atom stereocenters. The molecule has 0 aliphatic heterocycles. The first-order valence-corrected chi connectivity index (χ1v) is 6.76. The molecule has 0 amide bonds. The highest BCUT2D eigenvalue weighted by Crippen LogP contribution is 2.16. The van der Waals surface area contributed by atoms with Gasteiger partial charge < -0.3 is 5.32 Å². The molecule has 21 heavy (non-hydrogen) atoms. The lowest BCUT2D eigenvalue weighted by atomic mass is 10.1. The number of hydrogen-bond donors (Lipinski definition) is 2. The van der Waals surface area contributed by atoms with Crippen molar-refractivity contribution in [1.82, 2.24) is 9.55 Å². The maximum absolute atomic E-state index is 12.9. The number of rotatable bonds is 4. The summed E-state index contributed by atoms with van der Waals surface area (Å²) >= 11 is 0. The minimum Gasteiger partial charge on any atom is -0.365 e. The average molecular weight is 291 g/mol. The Balaban J connectivity index is 2.26. The molecule has 0 spiro atoms. The topological polar surface area (TPSA) is 66.9 Å². The Hall–Kier alpha value is -2.37. The van der Waals surface area contributed by atoms with E-state index >= 15 is 0 Å². The molecule has 0 saturated carbocycles. The standard InChI is InChI=1S/C15H18FN3O2/c1-9(2)19-14(20)8-13(18-15(19)21)17-10(3)11-4-6-12(16)7-5-11/h4-10,17H,1-3H3,(H,18,21). The summed E-state index contributed by atoms with van der Waals surface area (Å²) in [7, 11) is 0. The van der Waals surface area contributed by atoms with Crippen molar-refractivity contribution in [3.05, 3.63) is 62.6 Å². The molecule has 2 aromatic rings. The summed E-state index contributed by atoms with van der Waals surface area (Å²) in [5.41, 5.74) is 0.0409. The highest BCUT2D eigenvalue weighted by molar-refractivity contribution is 5.36. The molecular weight excluding hydrogens is 273 g/mol. The third-order valence-electron chi connectivity index (χ3n) is 3.22. The van der Waals surface area contributed by atoms with Crippen LogP contribution in [-0.2, 0) is 0 Å². The van der Waals surface area contributed by atoms with Gasteiger partial charge in [-0.1, -0.05) is 12.1 Å². The molecule has 2 rings (SSSR count). The number of nitrogens with one attached hydrogen (secondary N) is 2. The van der Waals surface area contributed by atoms with E-state index in [9.17, 15) is 14.0 Å². The Morgan fingerprint density at radius 3 is 2.29 bits per heavy atom. The number of nitrogens with zero attached hydrogens (tertiary/aromatic N) is 1. The number of aromatic nitrogens is 2. The predicted molar refractivity (Wildman–Crippen MR) is 80.1 cm³/mol. The van der Waals surface area contributed by atoms with Gasteiger partial charge in [-0.25, -0.2) is 9.18 Å². The van der Waals surface area contributed by atoms with Crippen LogP contribution < -0.4 is 16.6 Å². The molecular formula is C15H18FN3O2. The van der Waals surface area contributed by atoms with Crippen LogP contribution in [0.15, 0.2) is 39.9 Å². The van der Waals surface area contributed by atoms with Crippen molar-refractivity contribution in [3.63, 3.8) is 0 Å². The summed E-state index contributed by atoms with van der Waals surface area (Å²) in [6.45, 7) is 5.40. The van der Waals surface area contributed by atoms with Crippen LogP contribution in [0.5, 0.6) is 0 Å². The molecule has 6 heteroatoms. The number of H-pyrrole nitrogens is 1. The Morgan fingerprint density at radius 1 is 1.14 bits per heavy atom. The lowest BCUT2D eigenvalue weighted by Crippen LogP contribution is -2.36. The summed E-state index contributed by atoms with van der Waals surface area (Å²) in [4.78, 5) is 26.4. The first-order chi connectivity index (χ1) is 9.88. The number of benzene rings is 1. The number of halogens is 1. The van der Waals surface area contributed by atoms with E-state index in [2.05, 4.69) is 10.3 Å². The van der Waals surface area contributed by atoms with Crippen LogP contribution in [0.1, 0.15) is 38.4 Å². The van der Waals surface area contributed by atoms with Gasteiger partial charge in [0, 0.05) is 18.2 Å². The first kappa shape index (κ1) is 15.0. The molecule has 1 aromatic heterocycles. The SMILES string of the molecule is CC(Nc1cc(=O)n(C(C)C)c(=O)[nH]1)c1ccc(F)cc1. The number of anilines is 1. The maximum Gasteiger partial charge on any atom is 0.330 e. The minimum absolute atomic E-state index is 0.171. The fourth-order valence-corrected chi connectivity index (χ4v) is 2.14. The second-order valence-corrected chi connectivity index (χ2v) is 5.21. The zero-order valence-electron chi connectivity index (χ0n) is 12.2. The Kier molecular flexibility index (Phi) is 4.26. The van der Waals surface area contributed by atoms with Crippen molar-refractivity contribution < 1.29 is 4.39 Å². The molecule has 0 aliphatic rings. The summed E-state index contributed by atoms with van der Waals surface area (Å²) in [6, 6.07) is 7.02. The smallest absolute Gasteiger partial charge is 0.330 e. The lowest BCUT2D eigenvalue weighted by Gasteiger charge is -2.16. The molecule has 1 heterocycles. The fourth-order valence-electron chi connectivity index (χ4n) is 2.14. The molecule has 2 N–H and O–H groups in total. The molecule has 112 valence electrons. The number of hydrogen-bond acceptors (Lipinski definition) is 3. The normalized spacial score (nSPS) is 12.4. The second kappa shape index (κ2) is 5.95. The van der Waals surface area contributed by atoms with Crippen molar-refractivity contribution in [3.8, 4) is 0 Å². The van der Waals surface area contributed by atoms with E-state index in [1.807, 2.05) is 6.92 Å². The molecule has 1 aromatic carbocycles. The summed E-state index contributed by atoms with van der Waals surface area (Å²) in [6.07, 6.45) is 0. The van der Waals surface area contributed by atoms with Crippen molar-refractivity contribution in [2.24, 2.45) is 0 Å². The third kappa shape index (κ3) is 3.39. The van der Waals surface area contributed by atoms with Gasteiger partial charge in [0.15, 0.2) is 0 Å². The van der Waals surface area contributed by atoms with Crippen LogP contribution in [-0.4, -0.2) is 9.55 Å². The van der Waals surface area contributed by atoms with E-state index in [0.717, 1.165) is 10.1 Å². The molecule has 0 radical (unpaired) electrons. The highest BCUT2D eigenvalue weighted by atomic mass is 19.1. The van der Waals surface area contributed by atoms with Crippen molar-refractivity contribution >= 4 is 5.82 Å². The Bertz CT molecular complexity index is 701. The number of aromatic amines is 1. The second-order valence-electron chi connectivity index (χ2n) is 5.21. The largest absolute Gasteiger partial charge is 0.365 e. The van der Waals surface area contributed by atoms with Gasteiger partial charge in [0.05, 0.1) is 0 Å². The van der Waals surface area contributed by atoms with Gasteiger partial charge in [0.1, 0.15) is 11.6 Å². The fraction of sp³-hybridized carbons (Fsp3) is 0.333. The van der Waals surface area contributed by atoms with Gasteiger partial charge in [-0.05, 0) is 38.5 Å². The van der Waals surface area contributed by atoms with E-state index in [4.69, 9.17) is 0 Å². The van der Waals surface area contributed by atoms with E-state index < -0.39 is 5.69 Å². The van der Waals surface area contributed by atoms with Gasteiger partial charge >= 0.3 is 5.69 Å². The van der Waals surface area contributed by atoms with E-state index in [0.29, 0.717) is 5.82 Å². The van der Waals surface area contributed by atoms with Crippen LogP contribution in [0.3, 0.4) is 0 Å². The first-order valence-electron chi connectivity index (χ1n) is 6.76. The van der Waals surface area contributed by atoms with Gasteiger partial charge in [0.25, 0.3) is 5.56 Å². The average Bonchev–Trinajstić information content (AvgIpc) is 2.37. The van der Waals surface area contributed by atoms with Gasteiger partial charge in [0.2, 0.25) is 0 Å². The Morgan fingerprint density at radius 2 is 1.76 bits per heavy atom. The van der Waals surface area contributed by atoms with E-state index in [1.165, 1.54) is 18.2 Å². The van der Waals surface area contributed by atoms with Crippen LogP contribution in [0.4, 0.5) is 10.2 Å². The minimum atomic E-state index is -0.452. The van der Waals surface area contributed by atoms with Crippen LogP contribution in [0, 0.1) is 5.82 Å². The van der Waals surface area contributed by atoms with Crippen LogP contribution in [0.2, 0.25) is 0 Å². The third-order valence-corrected chi connectivity index (χ3v) is 3.22. The zero-order chi connectivity index (χ0) is 15.6. The summed E-state index contributed by atoms with van der Waals surface area (Å²) < 4.78 is 14.0. The summed E-state index contributed by atoms with van der Waals surface area (Å²) in [5, 5.41) is 3.03. The van der Waals surface area contributed by atoms with Crippen molar-refractivity contribution in [2.45, 2.75) is 32.9 Å². The highest BCUT2D eigenvalue weighted by Gasteiger charge is 2.10. The monoisotopic (exact) mass is 291 g/mol. The van der Waals surface area contributed by atoms with E-state index in [-0.39, 0.29) is 23.5 Å². The molecule has 0 aliphatic carbocycles. The van der Waals surface area contributed by atoms with Gasteiger partial charge in [-0.2, -0.15) is 0 Å². The zero-order valence-corrected chi connectivity index (χ0v) is 12.2. The molecule has 0 saturated heterocycles. The molecule has 0 fully saturated rings. The Labute approximate surface area is 121 Å². The van der Waals surface area contributed by atoms with Crippen molar-refractivity contribution in [2.75, 3.05) is 5.32 Å². The molecule has 1 unspecified atom stereocenters. The predicted octanol–water partition coefficient (Wildman–Crippen LogP) is 2.43. The lowest BCUT2D eigenvalue weighted by molar-refractivity contribution is 0.546. The van der Waals surface area contributed by atoms with Gasteiger partial charge in [-0.15, -0.1) is 0 Å².